The third kappa shape index (κ3) is 8.55. The Balaban J connectivity index is 2.79. The van der Waals surface area contributed by atoms with Gasteiger partial charge in [0.05, 0.1) is 0 Å². The van der Waals surface area contributed by atoms with Crippen molar-refractivity contribution in [1.29, 1.82) is 0 Å². The lowest BCUT2D eigenvalue weighted by molar-refractivity contribution is -0.126. The lowest BCUT2D eigenvalue weighted by atomic mass is 10.0. The molecule has 0 unspecified atom stereocenters. The molecule has 26 heavy (non-hydrogen) atoms. The molecule has 0 heterocycles. The molecule has 0 aliphatic carbocycles. The Kier molecular flexibility index (Phi) is 9.26. The fraction of sp³-hybridized carbons (Fsp3) is 0.400. The van der Waals surface area contributed by atoms with Crippen LogP contribution in [0, 0.1) is 17.6 Å². The molecule has 1 atom stereocenters. The van der Waals surface area contributed by atoms with Gasteiger partial charge in [0.15, 0.2) is 0 Å². The van der Waals surface area contributed by atoms with Crippen LogP contribution < -0.4 is 10.6 Å². The predicted molar refractivity (Wildman–Crippen MR) is 98.4 cm³/mol. The molecule has 0 saturated heterocycles. The highest BCUT2D eigenvalue weighted by Crippen LogP contribution is 2.11. The van der Waals surface area contributed by atoms with E-state index < -0.39 is 29.5 Å². The predicted octanol–water partition coefficient (Wildman–Crippen LogP) is 3.29. The Hall–Kier alpha value is -2.50. The van der Waals surface area contributed by atoms with Crippen LogP contribution in [0.5, 0.6) is 0 Å². The number of amides is 2. The lowest BCUT2D eigenvalue weighted by Gasteiger charge is -2.17. The molecule has 0 spiro atoms. The van der Waals surface area contributed by atoms with Crippen molar-refractivity contribution >= 4 is 11.8 Å². The van der Waals surface area contributed by atoms with Crippen LogP contribution in [0.3, 0.4) is 0 Å². The number of carbonyl (C=O) groups is 2. The largest absolute Gasteiger partial charge is 0.351 e. The van der Waals surface area contributed by atoms with Gasteiger partial charge in [-0.2, -0.15) is 0 Å². The number of carbonyl (C=O) groups excluding carboxylic acids is 2. The summed E-state index contributed by atoms with van der Waals surface area (Å²) in [5.41, 5.74) is 0.283. The van der Waals surface area contributed by atoms with E-state index in [1.807, 2.05) is 0 Å². The van der Waals surface area contributed by atoms with Crippen LogP contribution in [-0.2, 0) is 16.0 Å². The second-order valence-electron chi connectivity index (χ2n) is 6.45. The SMILES string of the molecule is C=CCNC(=O)[C@H](Cc1cc(F)cc(F)c1)NC(=O)/C=C/CCC(C)C. The van der Waals surface area contributed by atoms with Crippen LogP contribution in [-0.4, -0.2) is 24.4 Å². The molecular weight excluding hydrogens is 338 g/mol. The van der Waals surface area contributed by atoms with Gasteiger partial charge >= 0.3 is 0 Å². The van der Waals surface area contributed by atoms with Crippen molar-refractivity contribution in [1.82, 2.24) is 10.6 Å². The van der Waals surface area contributed by atoms with E-state index in [9.17, 15) is 18.4 Å². The number of rotatable bonds is 10. The summed E-state index contributed by atoms with van der Waals surface area (Å²) in [5, 5.41) is 5.17. The van der Waals surface area contributed by atoms with Crippen LogP contribution in [0.15, 0.2) is 43.0 Å². The minimum Gasteiger partial charge on any atom is -0.351 e. The maximum Gasteiger partial charge on any atom is 0.244 e. The maximum absolute atomic E-state index is 13.4. The Morgan fingerprint density at radius 1 is 1.19 bits per heavy atom. The van der Waals surface area contributed by atoms with Gasteiger partial charge in [-0.3, -0.25) is 9.59 Å². The molecule has 4 nitrogen and oxygen atoms in total. The summed E-state index contributed by atoms with van der Waals surface area (Å²) >= 11 is 0. The quantitative estimate of drug-likeness (QED) is 0.494. The van der Waals surface area contributed by atoms with Gasteiger partial charge in [0.1, 0.15) is 17.7 Å². The van der Waals surface area contributed by atoms with Crippen molar-refractivity contribution in [2.75, 3.05) is 6.54 Å². The highest BCUT2D eigenvalue weighted by molar-refractivity contribution is 5.93. The average Bonchev–Trinajstić information content (AvgIpc) is 2.55. The number of halogens is 2. The summed E-state index contributed by atoms with van der Waals surface area (Å²) < 4.78 is 26.7. The molecule has 0 aliphatic heterocycles. The normalized spacial score (nSPS) is 12.2. The zero-order valence-corrected chi connectivity index (χ0v) is 15.2. The molecule has 1 aromatic rings. The van der Waals surface area contributed by atoms with Crippen LogP contribution in [0.25, 0.3) is 0 Å². The van der Waals surface area contributed by atoms with Crippen molar-refractivity contribution in [2.24, 2.45) is 5.92 Å². The smallest absolute Gasteiger partial charge is 0.244 e. The second kappa shape index (κ2) is 11.2. The van der Waals surface area contributed by atoms with Gasteiger partial charge in [-0.15, -0.1) is 6.58 Å². The topological polar surface area (TPSA) is 58.2 Å². The van der Waals surface area contributed by atoms with Crippen molar-refractivity contribution in [3.05, 3.63) is 60.2 Å². The van der Waals surface area contributed by atoms with E-state index >= 15 is 0 Å². The van der Waals surface area contributed by atoms with E-state index in [-0.39, 0.29) is 18.5 Å². The Morgan fingerprint density at radius 3 is 2.42 bits per heavy atom. The number of hydrogen-bond acceptors (Lipinski definition) is 2. The zero-order chi connectivity index (χ0) is 19.5. The molecule has 0 aliphatic rings. The van der Waals surface area contributed by atoms with E-state index in [1.165, 1.54) is 12.2 Å². The molecule has 6 heteroatoms. The molecule has 0 radical (unpaired) electrons. The molecule has 0 bridgehead atoms. The van der Waals surface area contributed by atoms with Crippen LogP contribution in [0.2, 0.25) is 0 Å². The van der Waals surface area contributed by atoms with Gasteiger partial charge < -0.3 is 10.6 Å². The van der Waals surface area contributed by atoms with Crippen LogP contribution in [0.4, 0.5) is 8.78 Å². The van der Waals surface area contributed by atoms with Gasteiger partial charge in [-0.25, -0.2) is 8.78 Å². The highest BCUT2D eigenvalue weighted by Gasteiger charge is 2.20. The third-order valence-electron chi connectivity index (χ3n) is 3.60. The third-order valence-corrected chi connectivity index (χ3v) is 3.60. The van der Waals surface area contributed by atoms with Crippen molar-refractivity contribution < 1.29 is 18.4 Å². The summed E-state index contributed by atoms with van der Waals surface area (Å²) in [7, 11) is 0. The first-order valence-electron chi connectivity index (χ1n) is 8.62. The summed E-state index contributed by atoms with van der Waals surface area (Å²) in [6.07, 6.45) is 6.31. The summed E-state index contributed by atoms with van der Waals surface area (Å²) in [5.74, 6) is -1.80. The molecular formula is C20H26F2N2O2. The fourth-order valence-corrected chi connectivity index (χ4v) is 2.31. The standard InChI is InChI=1S/C20H26F2N2O2/c1-4-9-23-20(26)18(12-15-10-16(21)13-17(22)11-15)24-19(25)8-6-5-7-14(2)3/h4,6,8,10-11,13-14,18H,1,5,7,9,12H2,2-3H3,(H,23,26)(H,24,25)/b8-6+/t18-/m0/s1. The van der Waals surface area contributed by atoms with E-state index in [0.29, 0.717) is 5.92 Å². The first kappa shape index (κ1) is 21.5. The fourth-order valence-electron chi connectivity index (χ4n) is 2.31. The van der Waals surface area contributed by atoms with Crippen molar-refractivity contribution in [3.63, 3.8) is 0 Å². The Morgan fingerprint density at radius 2 is 1.85 bits per heavy atom. The summed E-state index contributed by atoms with van der Waals surface area (Å²) in [4.78, 5) is 24.3. The van der Waals surface area contributed by atoms with Gasteiger partial charge in [0.2, 0.25) is 11.8 Å². The molecule has 0 fully saturated rings. The average molecular weight is 364 g/mol. The molecule has 142 valence electrons. The summed E-state index contributed by atoms with van der Waals surface area (Å²) in [6, 6.07) is 2.09. The second-order valence-corrected chi connectivity index (χ2v) is 6.45. The number of allylic oxidation sites excluding steroid dienone is 1. The van der Waals surface area contributed by atoms with Crippen LogP contribution in [0.1, 0.15) is 32.3 Å². The molecule has 0 aromatic heterocycles. The van der Waals surface area contributed by atoms with Gasteiger partial charge in [-0.1, -0.05) is 26.0 Å². The number of nitrogens with one attached hydrogen (secondary N) is 2. The Labute approximate surface area is 153 Å². The van der Waals surface area contributed by atoms with Crippen LogP contribution >= 0.6 is 0 Å². The first-order chi connectivity index (χ1) is 12.3. The van der Waals surface area contributed by atoms with Crippen molar-refractivity contribution in [2.45, 2.75) is 39.2 Å². The molecule has 2 N–H and O–H groups in total. The minimum absolute atomic E-state index is 0.0246. The molecule has 1 aromatic carbocycles. The molecule has 0 saturated carbocycles. The van der Waals surface area contributed by atoms with Gasteiger partial charge in [0.25, 0.3) is 0 Å². The highest BCUT2D eigenvalue weighted by atomic mass is 19.1. The maximum atomic E-state index is 13.4. The van der Waals surface area contributed by atoms with Crippen molar-refractivity contribution in [3.8, 4) is 0 Å². The van der Waals surface area contributed by atoms with E-state index in [4.69, 9.17) is 0 Å². The van der Waals surface area contributed by atoms with E-state index in [2.05, 4.69) is 31.1 Å². The van der Waals surface area contributed by atoms with E-state index in [0.717, 1.165) is 31.0 Å². The molecule has 2 amide bonds. The number of hydrogen-bond donors (Lipinski definition) is 2. The number of benzene rings is 1. The minimum atomic E-state index is -0.946. The lowest BCUT2D eigenvalue weighted by Crippen LogP contribution is -2.47. The van der Waals surface area contributed by atoms with Gasteiger partial charge in [0, 0.05) is 19.0 Å². The monoisotopic (exact) mass is 364 g/mol. The van der Waals surface area contributed by atoms with Gasteiger partial charge in [-0.05, 0) is 42.5 Å². The van der Waals surface area contributed by atoms with E-state index in [1.54, 1.807) is 6.08 Å². The zero-order valence-electron chi connectivity index (χ0n) is 15.2. The summed E-state index contributed by atoms with van der Waals surface area (Å²) in [6.45, 7) is 7.92. The first-order valence-corrected chi connectivity index (χ1v) is 8.62. The molecule has 1 rings (SSSR count). The Bertz CT molecular complexity index is 637.